The molecule has 9 heteroatoms. The van der Waals surface area contributed by atoms with E-state index in [2.05, 4.69) is 34.6 Å². The molecule has 0 spiro atoms. The predicted molar refractivity (Wildman–Crippen MR) is 158 cm³/mol. The SMILES string of the molecule is CCn1c(-c2ccc(N3CCCS3(=O)=O)cc2)c(C#N)c2ccc(N3CCN(C(=O)c4ccccc4)CC3)cc21. The maximum atomic E-state index is 12.9. The van der Waals surface area contributed by atoms with E-state index >= 15 is 0 Å². The standard InChI is InChI=1S/C31H31N5O3S/c1-2-35-29-21-26(33-16-18-34(19-17-33)31(37)24-7-4-3-5-8-24)13-14-27(29)28(22-32)30(35)23-9-11-25(12-10-23)36-15-6-20-40(36,38)39/h3-5,7-14,21H,2,6,15-20H2,1H3. The molecule has 1 amide bonds. The highest BCUT2D eigenvalue weighted by atomic mass is 32.2. The van der Waals surface area contributed by atoms with Gasteiger partial charge in [0.1, 0.15) is 6.07 Å². The van der Waals surface area contributed by atoms with Gasteiger partial charge < -0.3 is 14.4 Å². The molecule has 6 rings (SSSR count). The maximum absolute atomic E-state index is 12.9. The molecule has 4 aromatic rings. The average molecular weight is 554 g/mol. The minimum absolute atomic E-state index is 0.0622. The summed E-state index contributed by atoms with van der Waals surface area (Å²) in [6.45, 7) is 6.00. The normalized spacial score (nSPS) is 16.9. The van der Waals surface area contributed by atoms with Crippen LogP contribution in [0.15, 0.2) is 72.8 Å². The van der Waals surface area contributed by atoms with Crippen LogP contribution in [0.4, 0.5) is 11.4 Å². The van der Waals surface area contributed by atoms with Crippen LogP contribution in [-0.2, 0) is 16.6 Å². The summed E-state index contributed by atoms with van der Waals surface area (Å²) in [5.74, 6) is 0.241. The number of rotatable bonds is 5. The second kappa shape index (κ2) is 10.4. The molecular formula is C31H31N5O3S. The fraction of sp³-hybridized carbons (Fsp3) is 0.290. The van der Waals surface area contributed by atoms with Gasteiger partial charge in [0.15, 0.2) is 0 Å². The minimum atomic E-state index is -3.25. The topological polar surface area (TPSA) is 89.6 Å². The van der Waals surface area contributed by atoms with Gasteiger partial charge in [-0.15, -0.1) is 0 Å². The number of carbonyl (C=O) groups excluding carboxylic acids is 1. The molecule has 0 aliphatic carbocycles. The second-order valence-electron chi connectivity index (χ2n) is 10.2. The van der Waals surface area contributed by atoms with Gasteiger partial charge in [-0.2, -0.15) is 5.26 Å². The lowest BCUT2D eigenvalue weighted by atomic mass is 10.1. The Bertz CT molecular complexity index is 1710. The van der Waals surface area contributed by atoms with Crippen molar-refractivity contribution in [1.82, 2.24) is 9.47 Å². The molecule has 3 aromatic carbocycles. The molecule has 0 N–H and O–H groups in total. The monoisotopic (exact) mass is 553 g/mol. The predicted octanol–water partition coefficient (Wildman–Crippen LogP) is 4.70. The van der Waals surface area contributed by atoms with Crippen molar-refractivity contribution in [2.75, 3.05) is 47.7 Å². The third kappa shape index (κ3) is 4.48. The van der Waals surface area contributed by atoms with Gasteiger partial charge in [-0.1, -0.05) is 30.3 Å². The van der Waals surface area contributed by atoms with Crippen molar-refractivity contribution in [2.45, 2.75) is 19.9 Å². The molecule has 204 valence electrons. The van der Waals surface area contributed by atoms with E-state index in [-0.39, 0.29) is 11.7 Å². The molecule has 2 aliphatic rings. The van der Waals surface area contributed by atoms with Crippen LogP contribution in [0.2, 0.25) is 0 Å². The zero-order valence-corrected chi connectivity index (χ0v) is 23.3. The van der Waals surface area contributed by atoms with Crippen molar-refractivity contribution < 1.29 is 13.2 Å². The summed E-state index contributed by atoms with van der Waals surface area (Å²) >= 11 is 0. The van der Waals surface area contributed by atoms with Crippen LogP contribution in [0.25, 0.3) is 22.2 Å². The van der Waals surface area contributed by atoms with Crippen molar-refractivity contribution >= 4 is 38.2 Å². The number of nitriles is 1. The average Bonchev–Trinajstić information content (AvgIpc) is 3.52. The van der Waals surface area contributed by atoms with Crippen LogP contribution in [0, 0.1) is 11.3 Å². The number of piperazine rings is 1. The highest BCUT2D eigenvalue weighted by Gasteiger charge is 2.29. The number of fused-ring (bicyclic) bond motifs is 1. The molecule has 0 atom stereocenters. The Morgan fingerprint density at radius 3 is 2.23 bits per heavy atom. The number of benzene rings is 3. The Morgan fingerprint density at radius 1 is 0.900 bits per heavy atom. The first kappa shape index (κ1) is 26.0. The summed E-state index contributed by atoms with van der Waals surface area (Å²) in [7, 11) is -3.25. The number of aromatic nitrogens is 1. The van der Waals surface area contributed by atoms with E-state index in [0.717, 1.165) is 40.9 Å². The van der Waals surface area contributed by atoms with Gasteiger partial charge in [0.05, 0.1) is 28.2 Å². The lowest BCUT2D eigenvalue weighted by Gasteiger charge is -2.36. The third-order valence-electron chi connectivity index (χ3n) is 7.96. The number of hydrogen-bond donors (Lipinski definition) is 0. The molecule has 2 fully saturated rings. The lowest BCUT2D eigenvalue weighted by Crippen LogP contribution is -2.48. The Balaban J connectivity index is 1.28. The molecule has 0 unspecified atom stereocenters. The zero-order valence-electron chi connectivity index (χ0n) is 22.5. The molecular weight excluding hydrogens is 522 g/mol. The van der Waals surface area contributed by atoms with Crippen molar-refractivity contribution in [3.8, 4) is 17.3 Å². The lowest BCUT2D eigenvalue weighted by molar-refractivity contribution is 0.0747. The first-order valence-electron chi connectivity index (χ1n) is 13.7. The third-order valence-corrected chi connectivity index (χ3v) is 9.83. The second-order valence-corrected chi connectivity index (χ2v) is 12.2. The van der Waals surface area contributed by atoms with Crippen molar-refractivity contribution in [3.05, 3.63) is 83.9 Å². The number of sulfonamides is 1. The van der Waals surface area contributed by atoms with Gasteiger partial charge in [0.2, 0.25) is 10.0 Å². The van der Waals surface area contributed by atoms with Gasteiger partial charge in [0, 0.05) is 55.9 Å². The van der Waals surface area contributed by atoms with Gasteiger partial charge in [0.25, 0.3) is 5.91 Å². The van der Waals surface area contributed by atoms with Crippen LogP contribution in [0.5, 0.6) is 0 Å². The molecule has 0 saturated carbocycles. The highest BCUT2D eigenvalue weighted by molar-refractivity contribution is 7.93. The first-order valence-corrected chi connectivity index (χ1v) is 15.3. The van der Waals surface area contributed by atoms with Crippen LogP contribution in [0.3, 0.4) is 0 Å². The number of aryl methyl sites for hydroxylation is 1. The number of carbonyl (C=O) groups is 1. The molecule has 2 saturated heterocycles. The van der Waals surface area contributed by atoms with Crippen LogP contribution >= 0.6 is 0 Å². The van der Waals surface area contributed by atoms with Crippen molar-refractivity contribution in [1.29, 1.82) is 5.26 Å². The van der Waals surface area contributed by atoms with E-state index in [9.17, 15) is 18.5 Å². The summed E-state index contributed by atoms with van der Waals surface area (Å²) in [4.78, 5) is 17.1. The summed E-state index contributed by atoms with van der Waals surface area (Å²) in [6, 6.07) is 25.5. The van der Waals surface area contributed by atoms with E-state index < -0.39 is 10.0 Å². The molecule has 1 aromatic heterocycles. The van der Waals surface area contributed by atoms with Gasteiger partial charge in [-0.25, -0.2) is 8.42 Å². The largest absolute Gasteiger partial charge is 0.368 e. The van der Waals surface area contributed by atoms with Crippen LogP contribution in [-0.4, -0.2) is 62.3 Å². The van der Waals surface area contributed by atoms with Gasteiger partial charge >= 0.3 is 0 Å². The van der Waals surface area contributed by atoms with E-state index in [1.807, 2.05) is 65.6 Å². The van der Waals surface area contributed by atoms with Crippen molar-refractivity contribution in [3.63, 3.8) is 0 Å². The molecule has 0 radical (unpaired) electrons. The fourth-order valence-electron chi connectivity index (χ4n) is 5.92. The van der Waals surface area contributed by atoms with E-state index in [0.29, 0.717) is 49.4 Å². The Hall–Kier alpha value is -4.29. The van der Waals surface area contributed by atoms with Crippen LogP contribution in [0.1, 0.15) is 29.3 Å². The summed E-state index contributed by atoms with van der Waals surface area (Å²) in [5, 5.41) is 11.1. The molecule has 0 bridgehead atoms. The Kier molecular flexibility index (Phi) is 6.72. The van der Waals surface area contributed by atoms with E-state index in [4.69, 9.17) is 0 Å². The molecule has 2 aliphatic heterocycles. The van der Waals surface area contributed by atoms with E-state index in [1.54, 1.807) is 0 Å². The quantitative estimate of drug-likeness (QED) is 0.357. The Labute approximate surface area is 234 Å². The molecule has 40 heavy (non-hydrogen) atoms. The summed E-state index contributed by atoms with van der Waals surface area (Å²) in [6.07, 6.45) is 0.632. The molecule has 8 nitrogen and oxygen atoms in total. The smallest absolute Gasteiger partial charge is 0.253 e. The van der Waals surface area contributed by atoms with Gasteiger partial charge in [-0.05, 0) is 61.4 Å². The molecule has 3 heterocycles. The number of hydrogen-bond acceptors (Lipinski definition) is 5. The fourth-order valence-corrected chi connectivity index (χ4v) is 7.49. The summed E-state index contributed by atoms with van der Waals surface area (Å²) < 4.78 is 28.4. The van der Waals surface area contributed by atoms with Gasteiger partial charge in [-0.3, -0.25) is 9.10 Å². The number of nitrogens with zero attached hydrogens (tertiary/aromatic N) is 5. The van der Waals surface area contributed by atoms with Crippen LogP contribution < -0.4 is 9.21 Å². The summed E-state index contributed by atoms with van der Waals surface area (Å²) in [5.41, 5.74) is 5.76. The number of amides is 1. The maximum Gasteiger partial charge on any atom is 0.253 e. The highest BCUT2D eigenvalue weighted by Crippen LogP contribution is 2.37. The zero-order chi connectivity index (χ0) is 27.9. The first-order chi connectivity index (χ1) is 19.4. The van der Waals surface area contributed by atoms with E-state index in [1.165, 1.54) is 4.31 Å². The number of anilines is 2. The van der Waals surface area contributed by atoms with Crippen molar-refractivity contribution in [2.24, 2.45) is 0 Å². The minimum Gasteiger partial charge on any atom is -0.368 e. The Morgan fingerprint density at radius 2 is 1.60 bits per heavy atom.